The molecule has 0 aliphatic rings. The number of carbonyl (C=O) groups is 1. The van der Waals surface area contributed by atoms with Gasteiger partial charge < -0.3 is 16.0 Å². The van der Waals surface area contributed by atoms with Crippen molar-refractivity contribution < 1.29 is 4.79 Å². The zero-order chi connectivity index (χ0) is 24.0. The van der Waals surface area contributed by atoms with Gasteiger partial charge in [0.1, 0.15) is 0 Å². The molecule has 3 aromatic carbocycles. The Labute approximate surface area is 202 Å². The summed E-state index contributed by atoms with van der Waals surface area (Å²) >= 11 is 0. The molecule has 2 aromatic heterocycles. The third-order valence-corrected chi connectivity index (χ3v) is 5.41. The van der Waals surface area contributed by atoms with E-state index in [2.05, 4.69) is 32.0 Å². The number of nitrogens with zero attached hydrogens (tertiary/aromatic N) is 3. The summed E-state index contributed by atoms with van der Waals surface area (Å²) in [5, 5.41) is 19.6. The van der Waals surface area contributed by atoms with Crippen molar-refractivity contribution in [2.45, 2.75) is 0 Å². The number of nitrogens with one attached hydrogen (secondary N) is 3. The van der Waals surface area contributed by atoms with Crippen LogP contribution in [-0.4, -0.2) is 15.9 Å². The third kappa shape index (κ3) is 5.07. The summed E-state index contributed by atoms with van der Waals surface area (Å²) in [6.07, 6.45) is 5.17. The van der Waals surface area contributed by atoms with E-state index in [9.17, 15) is 10.1 Å². The minimum absolute atomic E-state index is 0.195. The smallest absolute Gasteiger partial charge is 0.255 e. The molecular formula is C28H20N6O. The maximum Gasteiger partial charge on any atom is 0.255 e. The van der Waals surface area contributed by atoms with Gasteiger partial charge in [-0.2, -0.15) is 5.26 Å². The quantitative estimate of drug-likeness (QED) is 0.279. The van der Waals surface area contributed by atoms with Crippen molar-refractivity contribution in [1.82, 2.24) is 9.97 Å². The lowest BCUT2D eigenvalue weighted by Gasteiger charge is -2.11. The number of benzene rings is 3. The van der Waals surface area contributed by atoms with E-state index in [0.717, 1.165) is 33.7 Å². The number of hydrogen-bond acceptors (Lipinski definition) is 6. The van der Waals surface area contributed by atoms with Crippen LogP contribution in [0.5, 0.6) is 0 Å². The van der Waals surface area contributed by atoms with Crippen LogP contribution in [0.4, 0.5) is 28.4 Å². The molecule has 0 unspecified atom stereocenters. The Hall–Kier alpha value is -5.22. The van der Waals surface area contributed by atoms with Crippen molar-refractivity contribution >= 4 is 45.2 Å². The van der Waals surface area contributed by atoms with Gasteiger partial charge >= 0.3 is 0 Å². The molecular weight excluding hydrogens is 436 g/mol. The topological polar surface area (TPSA) is 103 Å². The van der Waals surface area contributed by atoms with Gasteiger partial charge in [0.15, 0.2) is 0 Å². The van der Waals surface area contributed by atoms with Crippen molar-refractivity contribution in [1.29, 1.82) is 5.26 Å². The Morgan fingerprint density at radius 3 is 2.11 bits per heavy atom. The highest BCUT2D eigenvalue weighted by Crippen LogP contribution is 2.26. The van der Waals surface area contributed by atoms with Crippen LogP contribution in [0.1, 0.15) is 15.9 Å². The predicted octanol–water partition coefficient (Wildman–Crippen LogP) is 6.24. The van der Waals surface area contributed by atoms with E-state index in [1.54, 1.807) is 36.8 Å². The Morgan fingerprint density at radius 1 is 0.714 bits per heavy atom. The molecule has 0 aliphatic heterocycles. The van der Waals surface area contributed by atoms with Gasteiger partial charge in [0.25, 0.3) is 5.91 Å². The molecule has 3 N–H and O–H groups in total. The first kappa shape index (κ1) is 21.6. The van der Waals surface area contributed by atoms with E-state index in [-0.39, 0.29) is 5.91 Å². The standard InChI is InChI=1S/C28H20N6O/c29-18-19-1-10-26-25(17-19)27(13-16-31-26)33-22-4-2-20(3-5-22)28(35)34-23-8-6-21(7-9-23)32-24-11-14-30-15-12-24/h1-17H,(H,30,32)(H,31,33)(H,34,35). The molecule has 0 saturated carbocycles. The molecule has 7 nitrogen and oxygen atoms in total. The molecule has 0 atom stereocenters. The number of amides is 1. The van der Waals surface area contributed by atoms with E-state index < -0.39 is 0 Å². The molecule has 5 rings (SSSR count). The second-order valence-electron chi connectivity index (χ2n) is 7.80. The molecule has 0 spiro atoms. The summed E-state index contributed by atoms with van der Waals surface area (Å²) in [6.45, 7) is 0. The summed E-state index contributed by atoms with van der Waals surface area (Å²) in [5.74, 6) is -0.195. The zero-order valence-corrected chi connectivity index (χ0v) is 18.6. The molecule has 35 heavy (non-hydrogen) atoms. The molecule has 7 heteroatoms. The molecule has 5 aromatic rings. The van der Waals surface area contributed by atoms with Crippen molar-refractivity contribution in [2.75, 3.05) is 16.0 Å². The maximum atomic E-state index is 12.7. The summed E-state index contributed by atoms with van der Waals surface area (Å²) in [5.41, 5.74) is 6.13. The van der Waals surface area contributed by atoms with Gasteiger partial charge in [0, 0.05) is 58.0 Å². The van der Waals surface area contributed by atoms with E-state index in [1.165, 1.54) is 0 Å². The third-order valence-electron chi connectivity index (χ3n) is 5.41. The van der Waals surface area contributed by atoms with Gasteiger partial charge in [-0.1, -0.05) is 0 Å². The SMILES string of the molecule is N#Cc1ccc2nccc(Nc3ccc(C(=O)Nc4ccc(Nc5ccncc5)cc4)cc3)c2c1. The monoisotopic (exact) mass is 456 g/mol. The molecule has 0 fully saturated rings. The number of anilines is 5. The largest absolute Gasteiger partial charge is 0.355 e. The maximum absolute atomic E-state index is 12.7. The van der Waals surface area contributed by atoms with Crippen molar-refractivity contribution in [3.63, 3.8) is 0 Å². The normalized spacial score (nSPS) is 10.4. The predicted molar refractivity (Wildman–Crippen MR) is 138 cm³/mol. The van der Waals surface area contributed by atoms with Gasteiger partial charge in [-0.25, -0.2) is 0 Å². The van der Waals surface area contributed by atoms with Crippen LogP contribution in [0.15, 0.2) is 104 Å². The van der Waals surface area contributed by atoms with Crippen LogP contribution in [0.25, 0.3) is 10.9 Å². The number of rotatable bonds is 6. The number of hydrogen-bond donors (Lipinski definition) is 3. The molecule has 168 valence electrons. The van der Waals surface area contributed by atoms with Crippen LogP contribution in [0.3, 0.4) is 0 Å². The van der Waals surface area contributed by atoms with Crippen molar-refractivity contribution in [3.8, 4) is 6.07 Å². The van der Waals surface area contributed by atoms with Gasteiger partial charge in [0.05, 0.1) is 17.1 Å². The number of carbonyl (C=O) groups excluding carboxylic acids is 1. The van der Waals surface area contributed by atoms with Gasteiger partial charge in [0.2, 0.25) is 0 Å². The first-order chi connectivity index (χ1) is 17.2. The Bertz CT molecular complexity index is 1520. The second kappa shape index (κ2) is 9.73. The van der Waals surface area contributed by atoms with Crippen LogP contribution in [0, 0.1) is 11.3 Å². The fraction of sp³-hybridized carbons (Fsp3) is 0. The zero-order valence-electron chi connectivity index (χ0n) is 18.6. The van der Waals surface area contributed by atoms with Crippen molar-refractivity contribution in [3.05, 3.63) is 115 Å². The van der Waals surface area contributed by atoms with E-state index >= 15 is 0 Å². The highest BCUT2D eigenvalue weighted by atomic mass is 16.1. The lowest BCUT2D eigenvalue weighted by atomic mass is 10.1. The number of aromatic nitrogens is 2. The fourth-order valence-electron chi connectivity index (χ4n) is 3.63. The van der Waals surface area contributed by atoms with Crippen LogP contribution < -0.4 is 16.0 Å². The van der Waals surface area contributed by atoms with Gasteiger partial charge in [-0.15, -0.1) is 0 Å². The van der Waals surface area contributed by atoms with E-state index in [4.69, 9.17) is 0 Å². The van der Waals surface area contributed by atoms with Crippen LogP contribution in [-0.2, 0) is 0 Å². The molecule has 0 radical (unpaired) electrons. The summed E-state index contributed by atoms with van der Waals surface area (Å²) in [7, 11) is 0. The molecule has 0 bridgehead atoms. The van der Waals surface area contributed by atoms with Crippen molar-refractivity contribution in [2.24, 2.45) is 0 Å². The second-order valence-corrected chi connectivity index (χ2v) is 7.80. The van der Waals surface area contributed by atoms with Crippen LogP contribution >= 0.6 is 0 Å². The number of pyridine rings is 2. The highest BCUT2D eigenvalue weighted by molar-refractivity contribution is 6.04. The van der Waals surface area contributed by atoms with E-state index in [0.29, 0.717) is 16.8 Å². The first-order valence-electron chi connectivity index (χ1n) is 10.9. The minimum atomic E-state index is -0.195. The summed E-state index contributed by atoms with van der Waals surface area (Å²) in [6, 6.07) is 27.9. The molecule has 0 aliphatic carbocycles. The molecule has 2 heterocycles. The van der Waals surface area contributed by atoms with Gasteiger partial charge in [-0.3, -0.25) is 14.8 Å². The lowest BCUT2D eigenvalue weighted by Crippen LogP contribution is -2.11. The van der Waals surface area contributed by atoms with Gasteiger partial charge in [-0.05, 0) is 84.9 Å². The number of nitriles is 1. The van der Waals surface area contributed by atoms with E-state index in [1.807, 2.05) is 66.7 Å². The summed E-state index contributed by atoms with van der Waals surface area (Å²) in [4.78, 5) is 21.1. The number of fused-ring (bicyclic) bond motifs is 1. The molecule has 0 saturated heterocycles. The van der Waals surface area contributed by atoms with Crippen LogP contribution in [0.2, 0.25) is 0 Å². The lowest BCUT2D eigenvalue weighted by molar-refractivity contribution is 0.102. The average Bonchev–Trinajstić information content (AvgIpc) is 2.91. The Balaban J connectivity index is 1.25. The summed E-state index contributed by atoms with van der Waals surface area (Å²) < 4.78 is 0. The average molecular weight is 457 g/mol. The fourth-order valence-corrected chi connectivity index (χ4v) is 3.63. The Morgan fingerprint density at radius 2 is 1.37 bits per heavy atom. The highest BCUT2D eigenvalue weighted by Gasteiger charge is 2.08. The molecule has 1 amide bonds. The Kier molecular flexibility index (Phi) is 6.01. The minimum Gasteiger partial charge on any atom is -0.355 e. The first-order valence-corrected chi connectivity index (χ1v) is 10.9.